The molecule has 41 heavy (non-hydrogen) atoms. The minimum absolute atomic E-state index is 0.0875. The van der Waals surface area contributed by atoms with Crippen LogP contribution < -0.4 is 11.1 Å². The van der Waals surface area contributed by atoms with Crippen molar-refractivity contribution in [2.45, 2.75) is 0 Å². The third kappa shape index (κ3) is 4.39. The van der Waals surface area contributed by atoms with Crippen molar-refractivity contribution in [3.05, 3.63) is 144 Å². The number of nitro groups is 1. The smallest absolute Gasteiger partial charge is 0.269 e. The lowest BCUT2D eigenvalue weighted by Gasteiger charge is -2.12. The Bertz CT molecular complexity index is 2220. The number of non-ortho nitro benzene ring substituents is 1. The van der Waals surface area contributed by atoms with Crippen LogP contribution >= 0.6 is 0 Å². The highest BCUT2D eigenvalue weighted by Gasteiger charge is 2.10. The Hall–Kier alpha value is -5.68. The predicted octanol–water partition coefficient (Wildman–Crippen LogP) is 9.81. The standard InChI is InChI=1S/C20H14N2O2.C16H11N/c23-22(24)18-10-8-17(9-11-18)21-20-7-3-6-16-12-14-4-1-2-5-15(14)13-19(16)20;17-14-9-12-5-1-3-10-7-8-11-4-2-6-13(14)16(11)15(10)12/h1-13,21H;1-9H,17H2. The minimum atomic E-state index is -0.395. The van der Waals surface area contributed by atoms with Crippen molar-refractivity contribution in [3.8, 4) is 0 Å². The average molecular weight is 532 g/mol. The fraction of sp³-hybridized carbons (Fsp3) is 0. The lowest BCUT2D eigenvalue weighted by molar-refractivity contribution is -0.384. The number of anilines is 3. The van der Waals surface area contributed by atoms with E-state index in [4.69, 9.17) is 5.73 Å². The molecule has 0 atom stereocenters. The normalized spacial score (nSPS) is 11.2. The van der Waals surface area contributed by atoms with Crippen molar-refractivity contribution in [3.63, 3.8) is 0 Å². The third-order valence-electron chi connectivity index (χ3n) is 7.64. The van der Waals surface area contributed by atoms with Crippen LogP contribution in [0.1, 0.15) is 0 Å². The average Bonchev–Trinajstić information content (AvgIpc) is 3.00. The Morgan fingerprint density at radius 2 is 1.15 bits per heavy atom. The molecule has 0 spiro atoms. The van der Waals surface area contributed by atoms with Gasteiger partial charge in [0.15, 0.2) is 0 Å². The van der Waals surface area contributed by atoms with Gasteiger partial charge in [-0.3, -0.25) is 10.1 Å². The first-order valence-electron chi connectivity index (χ1n) is 13.4. The highest BCUT2D eigenvalue weighted by atomic mass is 16.6. The van der Waals surface area contributed by atoms with Crippen molar-refractivity contribution in [1.82, 2.24) is 0 Å². The van der Waals surface area contributed by atoms with Gasteiger partial charge in [0, 0.05) is 40.0 Å². The molecule has 0 bridgehead atoms. The summed E-state index contributed by atoms with van der Waals surface area (Å²) in [6, 6.07) is 44.3. The van der Waals surface area contributed by atoms with E-state index in [1.54, 1.807) is 12.1 Å². The number of rotatable bonds is 3. The first kappa shape index (κ1) is 24.4. The summed E-state index contributed by atoms with van der Waals surface area (Å²) in [5.74, 6) is 0. The van der Waals surface area contributed by atoms with Gasteiger partial charge in [0.05, 0.1) is 4.92 Å². The molecule has 8 rings (SSSR count). The molecule has 196 valence electrons. The van der Waals surface area contributed by atoms with Gasteiger partial charge in [-0.25, -0.2) is 0 Å². The molecule has 0 radical (unpaired) electrons. The summed E-state index contributed by atoms with van der Waals surface area (Å²) in [5.41, 5.74) is 8.89. The largest absolute Gasteiger partial charge is 0.398 e. The molecule has 0 fully saturated rings. The minimum Gasteiger partial charge on any atom is -0.398 e. The van der Waals surface area contributed by atoms with Crippen LogP contribution in [0.4, 0.5) is 22.7 Å². The zero-order valence-corrected chi connectivity index (χ0v) is 22.0. The Morgan fingerprint density at radius 3 is 1.90 bits per heavy atom. The van der Waals surface area contributed by atoms with E-state index in [1.807, 2.05) is 24.3 Å². The van der Waals surface area contributed by atoms with Crippen LogP contribution in [0.25, 0.3) is 53.9 Å². The van der Waals surface area contributed by atoms with Gasteiger partial charge in [0.1, 0.15) is 0 Å². The molecular formula is C36H25N3O2. The van der Waals surface area contributed by atoms with Crippen LogP contribution in [0.5, 0.6) is 0 Å². The van der Waals surface area contributed by atoms with Crippen molar-refractivity contribution >= 4 is 76.6 Å². The van der Waals surface area contributed by atoms with E-state index in [9.17, 15) is 10.1 Å². The number of nitrogen functional groups attached to an aromatic ring is 1. The van der Waals surface area contributed by atoms with Crippen molar-refractivity contribution in [1.29, 1.82) is 0 Å². The zero-order chi connectivity index (χ0) is 27.9. The molecule has 0 saturated heterocycles. The molecule has 0 saturated carbocycles. The van der Waals surface area contributed by atoms with Crippen LogP contribution in [0, 0.1) is 10.1 Å². The molecule has 8 aromatic carbocycles. The van der Waals surface area contributed by atoms with Crippen molar-refractivity contribution in [2.24, 2.45) is 0 Å². The van der Waals surface area contributed by atoms with Gasteiger partial charge in [-0.1, -0.05) is 84.9 Å². The SMILES string of the molecule is Nc1cc2cccc3ccc4cccc1c4c32.O=[N+]([O-])c1ccc(Nc2cccc3cc4ccccc4cc23)cc1. The first-order valence-corrected chi connectivity index (χ1v) is 13.4. The first-order chi connectivity index (χ1) is 20.0. The van der Waals surface area contributed by atoms with E-state index in [0.717, 1.165) is 33.2 Å². The second-order valence-corrected chi connectivity index (χ2v) is 10.2. The molecule has 0 aromatic heterocycles. The van der Waals surface area contributed by atoms with Gasteiger partial charge < -0.3 is 11.1 Å². The number of hydrogen-bond donors (Lipinski definition) is 2. The Balaban J connectivity index is 0.000000142. The van der Waals surface area contributed by atoms with Crippen molar-refractivity contribution in [2.75, 3.05) is 11.1 Å². The van der Waals surface area contributed by atoms with E-state index in [0.29, 0.717) is 0 Å². The molecule has 0 aliphatic rings. The maximum atomic E-state index is 10.8. The second-order valence-electron chi connectivity index (χ2n) is 10.2. The number of hydrogen-bond acceptors (Lipinski definition) is 4. The zero-order valence-electron chi connectivity index (χ0n) is 22.0. The fourth-order valence-corrected chi connectivity index (χ4v) is 5.69. The summed E-state index contributed by atoms with van der Waals surface area (Å²) in [6.07, 6.45) is 0. The van der Waals surface area contributed by atoms with Crippen molar-refractivity contribution < 1.29 is 4.92 Å². The van der Waals surface area contributed by atoms with Crippen LogP contribution in [0.15, 0.2) is 133 Å². The van der Waals surface area contributed by atoms with Crippen LogP contribution in [0.3, 0.4) is 0 Å². The molecule has 8 aromatic rings. The summed E-state index contributed by atoms with van der Waals surface area (Å²) in [6.45, 7) is 0. The molecule has 5 nitrogen and oxygen atoms in total. The quantitative estimate of drug-likeness (QED) is 0.0781. The maximum absolute atomic E-state index is 10.8. The van der Waals surface area contributed by atoms with E-state index >= 15 is 0 Å². The van der Waals surface area contributed by atoms with Crippen LogP contribution in [-0.4, -0.2) is 4.92 Å². The fourth-order valence-electron chi connectivity index (χ4n) is 5.69. The molecular weight excluding hydrogens is 506 g/mol. The number of nitrogens with two attached hydrogens (primary N) is 1. The Morgan fingerprint density at radius 1 is 0.537 bits per heavy atom. The topological polar surface area (TPSA) is 81.2 Å². The van der Waals surface area contributed by atoms with Gasteiger partial charge in [-0.2, -0.15) is 0 Å². The third-order valence-corrected chi connectivity index (χ3v) is 7.64. The summed E-state index contributed by atoms with van der Waals surface area (Å²) in [7, 11) is 0. The second kappa shape index (κ2) is 9.81. The number of fused-ring (bicyclic) bond motifs is 2. The highest BCUT2D eigenvalue weighted by Crippen LogP contribution is 2.37. The molecule has 0 amide bonds. The molecule has 0 aliphatic carbocycles. The monoisotopic (exact) mass is 531 g/mol. The van der Waals surface area contributed by atoms with Gasteiger partial charge in [0.2, 0.25) is 0 Å². The summed E-state index contributed by atoms with van der Waals surface area (Å²) < 4.78 is 0. The molecule has 3 N–H and O–H groups in total. The lowest BCUT2D eigenvalue weighted by atomic mass is 9.93. The summed E-state index contributed by atoms with van der Waals surface area (Å²) in [4.78, 5) is 10.4. The van der Waals surface area contributed by atoms with Gasteiger partial charge in [-0.15, -0.1) is 0 Å². The lowest BCUT2D eigenvalue weighted by Crippen LogP contribution is -1.93. The number of nitro benzene ring substituents is 1. The Kier molecular flexibility index (Phi) is 5.83. The van der Waals surface area contributed by atoms with Crippen LogP contribution in [0.2, 0.25) is 0 Å². The molecule has 0 aliphatic heterocycles. The number of benzene rings is 8. The molecule has 0 unspecified atom stereocenters. The maximum Gasteiger partial charge on any atom is 0.269 e. The van der Waals surface area contributed by atoms with Gasteiger partial charge in [0.25, 0.3) is 5.69 Å². The summed E-state index contributed by atoms with van der Waals surface area (Å²) in [5, 5.41) is 26.3. The van der Waals surface area contributed by atoms with E-state index in [-0.39, 0.29) is 5.69 Å². The highest BCUT2D eigenvalue weighted by molar-refractivity contribution is 6.25. The number of nitrogens with one attached hydrogen (secondary N) is 1. The van der Waals surface area contributed by atoms with E-state index < -0.39 is 4.92 Å². The van der Waals surface area contributed by atoms with Gasteiger partial charge >= 0.3 is 0 Å². The van der Waals surface area contributed by atoms with Crippen LogP contribution in [-0.2, 0) is 0 Å². The predicted molar refractivity (Wildman–Crippen MR) is 172 cm³/mol. The number of nitrogens with zero attached hydrogens (tertiary/aromatic N) is 1. The van der Waals surface area contributed by atoms with Gasteiger partial charge in [-0.05, 0) is 79.5 Å². The molecule has 0 heterocycles. The Labute approximate surface area is 235 Å². The molecule has 5 heteroatoms. The van der Waals surface area contributed by atoms with E-state index in [1.165, 1.54) is 49.8 Å². The van der Waals surface area contributed by atoms with E-state index in [2.05, 4.69) is 90.2 Å². The summed E-state index contributed by atoms with van der Waals surface area (Å²) >= 11 is 0.